The standard InChI is InChI=1S/C31H35ClFN7/c1-6-18-15-34-27-23(26(18)35-16-31(3,4)5)13-20(14-24(27)32)37-28(22-11-12-25(33)36-17(22)2)29-30(19-7-8-19)40(39-38-29)21-9-10-21/h1,11-15,19,21,28,37-39H,7-10,16H2,2-5H3,(H,34,35)/t28-/m0/s1. The fourth-order valence-electron chi connectivity index (χ4n) is 5.30. The third-order valence-electron chi connectivity index (χ3n) is 7.60. The molecule has 6 rings (SSSR count). The van der Waals surface area contributed by atoms with Crippen LogP contribution in [0.2, 0.25) is 5.02 Å². The molecule has 0 radical (unpaired) electrons. The highest BCUT2D eigenvalue weighted by atomic mass is 35.5. The van der Waals surface area contributed by atoms with Gasteiger partial charge in [0, 0.05) is 47.0 Å². The highest BCUT2D eigenvalue weighted by Gasteiger charge is 2.44. The van der Waals surface area contributed by atoms with Crippen molar-refractivity contribution < 1.29 is 4.39 Å². The number of benzene rings is 1. The molecule has 0 spiro atoms. The number of nitrogens with one attached hydrogen (secondary N) is 4. The maximum absolute atomic E-state index is 14.1. The number of hydrazine groups is 2. The highest BCUT2D eigenvalue weighted by Crippen LogP contribution is 2.47. The maximum atomic E-state index is 14.1. The van der Waals surface area contributed by atoms with Crippen molar-refractivity contribution in [2.24, 2.45) is 11.3 Å². The van der Waals surface area contributed by atoms with Crippen molar-refractivity contribution >= 4 is 33.9 Å². The van der Waals surface area contributed by atoms with Gasteiger partial charge in [0.15, 0.2) is 0 Å². The Balaban J connectivity index is 1.46. The number of aromatic nitrogens is 2. The van der Waals surface area contributed by atoms with Crippen LogP contribution in [-0.4, -0.2) is 27.6 Å². The largest absolute Gasteiger partial charge is 0.383 e. The van der Waals surface area contributed by atoms with Crippen molar-refractivity contribution in [3.8, 4) is 12.3 Å². The third kappa shape index (κ3) is 5.28. The predicted molar refractivity (Wildman–Crippen MR) is 159 cm³/mol. The summed E-state index contributed by atoms with van der Waals surface area (Å²) in [7, 11) is 0. The molecule has 1 aromatic carbocycles. The van der Waals surface area contributed by atoms with E-state index in [1.807, 2.05) is 25.1 Å². The molecule has 0 unspecified atom stereocenters. The van der Waals surface area contributed by atoms with Gasteiger partial charge in [-0.05, 0) is 56.2 Å². The van der Waals surface area contributed by atoms with E-state index >= 15 is 0 Å². The zero-order valence-electron chi connectivity index (χ0n) is 23.3. The van der Waals surface area contributed by atoms with Crippen LogP contribution in [0.3, 0.4) is 0 Å². The molecule has 9 heteroatoms. The number of hydrogen-bond acceptors (Lipinski definition) is 7. The van der Waals surface area contributed by atoms with Gasteiger partial charge in [-0.15, -0.1) is 12.0 Å². The van der Waals surface area contributed by atoms with Crippen molar-refractivity contribution in [1.29, 1.82) is 0 Å². The van der Waals surface area contributed by atoms with Gasteiger partial charge < -0.3 is 16.1 Å². The number of rotatable bonds is 8. The molecular formula is C31H35ClFN7. The second kappa shape index (κ2) is 10.1. The molecule has 7 nitrogen and oxygen atoms in total. The second-order valence-corrected chi connectivity index (χ2v) is 12.7. The maximum Gasteiger partial charge on any atom is 0.213 e. The van der Waals surface area contributed by atoms with Crippen LogP contribution in [0, 0.1) is 36.5 Å². The summed E-state index contributed by atoms with van der Waals surface area (Å²) >= 11 is 6.83. The smallest absolute Gasteiger partial charge is 0.213 e. The molecule has 1 aliphatic heterocycles. The number of pyridine rings is 2. The average molecular weight is 560 g/mol. The van der Waals surface area contributed by atoms with E-state index in [2.05, 4.69) is 63.3 Å². The lowest BCUT2D eigenvalue weighted by atomic mass is 9.96. The van der Waals surface area contributed by atoms with Crippen molar-refractivity contribution in [3.05, 3.63) is 69.6 Å². The van der Waals surface area contributed by atoms with Gasteiger partial charge in [0.1, 0.15) is 0 Å². The number of nitrogens with zero attached hydrogens (tertiary/aromatic N) is 3. The average Bonchev–Trinajstić information content (AvgIpc) is 3.84. The van der Waals surface area contributed by atoms with Gasteiger partial charge >= 0.3 is 0 Å². The molecule has 3 aromatic rings. The summed E-state index contributed by atoms with van der Waals surface area (Å²) in [5.41, 5.74) is 13.7. The number of aryl methyl sites for hydroxylation is 1. The number of allylic oxidation sites excluding steroid dienone is 1. The summed E-state index contributed by atoms with van der Waals surface area (Å²) in [5, 5.41) is 10.9. The van der Waals surface area contributed by atoms with Crippen molar-refractivity contribution in [2.75, 3.05) is 17.2 Å². The first-order chi connectivity index (χ1) is 19.1. The van der Waals surface area contributed by atoms with E-state index in [1.54, 1.807) is 6.20 Å². The minimum absolute atomic E-state index is 0.0413. The molecular weight excluding hydrogens is 525 g/mol. The van der Waals surface area contributed by atoms with E-state index in [0.717, 1.165) is 47.4 Å². The Bertz CT molecular complexity index is 1550. The van der Waals surface area contributed by atoms with Crippen molar-refractivity contribution in [2.45, 2.75) is 65.5 Å². The Morgan fingerprint density at radius 2 is 2.00 bits per heavy atom. The molecule has 2 fully saturated rings. The number of terminal acetylenes is 1. The van der Waals surface area contributed by atoms with Crippen LogP contribution in [0.25, 0.3) is 10.9 Å². The number of hydrogen-bond donors (Lipinski definition) is 4. The fourth-order valence-corrected chi connectivity index (χ4v) is 5.57. The van der Waals surface area contributed by atoms with Crippen molar-refractivity contribution in [1.82, 2.24) is 25.9 Å². The van der Waals surface area contributed by atoms with E-state index in [1.165, 1.54) is 24.6 Å². The Labute approximate surface area is 239 Å². The van der Waals surface area contributed by atoms with Crippen LogP contribution in [-0.2, 0) is 0 Å². The first-order valence-electron chi connectivity index (χ1n) is 13.9. The van der Waals surface area contributed by atoms with E-state index < -0.39 is 5.95 Å². The first-order valence-corrected chi connectivity index (χ1v) is 14.3. The highest BCUT2D eigenvalue weighted by molar-refractivity contribution is 6.35. The van der Waals surface area contributed by atoms with Crippen LogP contribution in [0.5, 0.6) is 0 Å². The zero-order chi connectivity index (χ0) is 28.2. The summed E-state index contributed by atoms with van der Waals surface area (Å²) in [6.45, 7) is 9.07. The van der Waals surface area contributed by atoms with Gasteiger partial charge in [0.25, 0.3) is 0 Å². The lowest BCUT2D eigenvalue weighted by molar-refractivity contribution is 0.230. The molecule has 2 saturated carbocycles. The third-order valence-corrected chi connectivity index (χ3v) is 7.89. The number of halogens is 2. The van der Waals surface area contributed by atoms with Crippen LogP contribution >= 0.6 is 11.6 Å². The van der Waals surface area contributed by atoms with Gasteiger partial charge in [0.2, 0.25) is 5.95 Å². The van der Waals surface area contributed by atoms with Gasteiger partial charge in [0.05, 0.1) is 39.2 Å². The Hall–Kier alpha value is -3.54. The minimum atomic E-state index is -0.496. The van der Waals surface area contributed by atoms with E-state index in [0.29, 0.717) is 33.8 Å². The van der Waals surface area contributed by atoms with Gasteiger partial charge in [-0.1, -0.05) is 44.4 Å². The van der Waals surface area contributed by atoms with E-state index in [9.17, 15) is 4.39 Å². The molecule has 1 atom stereocenters. The molecule has 4 N–H and O–H groups in total. The topological polar surface area (TPSA) is 77.1 Å². The fraction of sp³-hybridized carbons (Fsp3) is 0.419. The Morgan fingerprint density at radius 3 is 2.65 bits per heavy atom. The molecule has 2 aromatic heterocycles. The molecule has 40 heavy (non-hydrogen) atoms. The minimum Gasteiger partial charge on any atom is -0.383 e. The summed E-state index contributed by atoms with van der Waals surface area (Å²) in [5.74, 6) is 2.77. The SMILES string of the molecule is C#Cc1cnc2c(Cl)cc(N[C@H](C3=C(C4CC4)N(C4CC4)NN3)c3ccc(F)nc3C)cc2c1NCC(C)(C)C. The molecule has 0 amide bonds. The van der Waals surface area contributed by atoms with Gasteiger partial charge in [-0.3, -0.25) is 9.99 Å². The van der Waals surface area contributed by atoms with Crippen LogP contribution < -0.4 is 21.6 Å². The quantitative estimate of drug-likeness (QED) is 0.187. The Kier molecular flexibility index (Phi) is 6.76. The van der Waals surface area contributed by atoms with Crippen LogP contribution in [0.1, 0.15) is 69.3 Å². The van der Waals surface area contributed by atoms with Crippen LogP contribution in [0.4, 0.5) is 15.8 Å². The number of fused-ring (bicyclic) bond motifs is 1. The summed E-state index contributed by atoms with van der Waals surface area (Å²) in [6.07, 6.45) is 12.2. The van der Waals surface area contributed by atoms with Crippen molar-refractivity contribution in [3.63, 3.8) is 0 Å². The first kappa shape index (κ1) is 26.7. The summed E-state index contributed by atoms with van der Waals surface area (Å²) in [6, 6.07) is 7.33. The predicted octanol–water partition coefficient (Wildman–Crippen LogP) is 6.43. The normalized spacial score (nSPS) is 18.1. The zero-order valence-corrected chi connectivity index (χ0v) is 24.1. The van der Waals surface area contributed by atoms with Crippen LogP contribution in [0.15, 0.2) is 41.9 Å². The summed E-state index contributed by atoms with van der Waals surface area (Å²) in [4.78, 5) is 8.74. The molecule has 208 valence electrons. The van der Waals surface area contributed by atoms with E-state index in [4.69, 9.17) is 18.0 Å². The van der Waals surface area contributed by atoms with Gasteiger partial charge in [-0.25, -0.2) is 4.98 Å². The Morgan fingerprint density at radius 1 is 1.23 bits per heavy atom. The number of anilines is 2. The second-order valence-electron chi connectivity index (χ2n) is 12.3. The monoisotopic (exact) mass is 559 g/mol. The lowest BCUT2D eigenvalue weighted by Crippen LogP contribution is -2.40. The molecule has 3 heterocycles. The van der Waals surface area contributed by atoms with E-state index in [-0.39, 0.29) is 11.5 Å². The molecule has 0 bridgehead atoms. The molecule has 2 aliphatic carbocycles. The molecule has 3 aliphatic rings. The van der Waals surface area contributed by atoms with Gasteiger partial charge in [-0.2, -0.15) is 4.39 Å². The molecule has 0 saturated heterocycles. The summed E-state index contributed by atoms with van der Waals surface area (Å²) < 4.78 is 14.1. The lowest BCUT2D eigenvalue weighted by Gasteiger charge is -2.25.